The van der Waals surface area contributed by atoms with Crippen molar-refractivity contribution in [3.05, 3.63) is 29.3 Å². The second kappa shape index (κ2) is 8.89. The Morgan fingerprint density at radius 2 is 1.83 bits per heavy atom. The predicted molar refractivity (Wildman–Crippen MR) is 95.0 cm³/mol. The van der Waals surface area contributed by atoms with Crippen molar-refractivity contribution >= 4 is 29.9 Å². The number of halogens is 1. The zero-order chi connectivity index (χ0) is 16.1. The fourth-order valence-electron chi connectivity index (χ4n) is 2.33. The molecule has 0 radical (unpaired) electrons. The van der Waals surface area contributed by atoms with Crippen LogP contribution in [0.5, 0.6) is 0 Å². The predicted octanol–water partition coefficient (Wildman–Crippen LogP) is 2.12. The lowest BCUT2D eigenvalue weighted by Gasteiger charge is -2.18. The molecule has 0 bridgehead atoms. The molecule has 1 saturated carbocycles. The summed E-state index contributed by atoms with van der Waals surface area (Å²) in [4.78, 5) is 25.5. The number of anilines is 1. The third-order valence-electron chi connectivity index (χ3n) is 3.96. The molecule has 1 aliphatic carbocycles. The van der Waals surface area contributed by atoms with Crippen molar-refractivity contribution in [1.29, 1.82) is 0 Å². The normalized spacial score (nSPS) is 13.2. The molecule has 0 aliphatic heterocycles. The van der Waals surface area contributed by atoms with E-state index in [0.717, 1.165) is 29.3 Å². The molecule has 1 aromatic rings. The van der Waals surface area contributed by atoms with Crippen LogP contribution in [0.3, 0.4) is 0 Å². The lowest BCUT2D eigenvalue weighted by Crippen LogP contribution is -2.40. The summed E-state index contributed by atoms with van der Waals surface area (Å²) in [5.74, 6) is 0.512. The van der Waals surface area contributed by atoms with Crippen LogP contribution in [0, 0.1) is 19.8 Å². The zero-order valence-electron chi connectivity index (χ0n) is 14.0. The summed E-state index contributed by atoms with van der Waals surface area (Å²) < 4.78 is 0. The van der Waals surface area contributed by atoms with Crippen molar-refractivity contribution in [2.45, 2.75) is 26.7 Å². The highest BCUT2D eigenvalue weighted by Crippen LogP contribution is 2.27. The quantitative estimate of drug-likeness (QED) is 0.800. The van der Waals surface area contributed by atoms with Crippen LogP contribution in [0.1, 0.15) is 24.0 Å². The lowest BCUT2D eigenvalue weighted by molar-refractivity contribution is -0.132. The smallest absolute Gasteiger partial charge is 0.243 e. The van der Waals surface area contributed by atoms with Crippen molar-refractivity contribution in [2.24, 2.45) is 5.92 Å². The number of benzene rings is 1. The molecule has 1 aromatic carbocycles. The van der Waals surface area contributed by atoms with Gasteiger partial charge < -0.3 is 15.5 Å². The minimum absolute atomic E-state index is 0. The van der Waals surface area contributed by atoms with E-state index in [9.17, 15) is 9.59 Å². The summed E-state index contributed by atoms with van der Waals surface area (Å²) in [6, 6.07) is 5.88. The molecule has 5 nitrogen and oxygen atoms in total. The molecule has 6 heteroatoms. The number of amides is 2. The Balaban J connectivity index is 0.00000264. The molecule has 0 saturated heterocycles. The summed E-state index contributed by atoms with van der Waals surface area (Å²) in [6.45, 7) is 5.17. The number of hydrogen-bond donors (Lipinski definition) is 2. The van der Waals surface area contributed by atoms with Gasteiger partial charge in [0.05, 0.1) is 13.1 Å². The van der Waals surface area contributed by atoms with Gasteiger partial charge in [-0.3, -0.25) is 9.59 Å². The van der Waals surface area contributed by atoms with Gasteiger partial charge in [0.2, 0.25) is 11.8 Å². The summed E-state index contributed by atoms with van der Waals surface area (Å²) >= 11 is 0. The molecule has 0 atom stereocenters. The van der Waals surface area contributed by atoms with Crippen molar-refractivity contribution in [1.82, 2.24) is 10.2 Å². The standard InChI is InChI=1S/C17H25N3O2.ClH/c1-12-5-4-6-13(2)17(12)19-15(21)11-20(3)16(22)10-18-9-14-7-8-14;/h4-6,14,18H,7-11H2,1-3H3,(H,19,21);1H. The largest absolute Gasteiger partial charge is 0.335 e. The second-order valence-electron chi connectivity index (χ2n) is 6.14. The van der Waals surface area contributed by atoms with Gasteiger partial charge in [-0.2, -0.15) is 0 Å². The van der Waals surface area contributed by atoms with Gasteiger partial charge in [-0.05, 0) is 50.3 Å². The highest BCUT2D eigenvalue weighted by Gasteiger charge is 2.21. The molecule has 2 amide bonds. The minimum Gasteiger partial charge on any atom is -0.335 e. The average molecular weight is 340 g/mol. The number of likely N-dealkylation sites (N-methyl/N-ethyl adjacent to an activating group) is 1. The molecule has 2 rings (SSSR count). The summed E-state index contributed by atoms with van der Waals surface area (Å²) in [5.41, 5.74) is 2.88. The molecule has 128 valence electrons. The Bertz CT molecular complexity index is 539. The minimum atomic E-state index is -0.171. The van der Waals surface area contributed by atoms with Gasteiger partial charge in [-0.1, -0.05) is 18.2 Å². The number of para-hydroxylation sites is 1. The first-order chi connectivity index (χ1) is 10.5. The van der Waals surface area contributed by atoms with Crippen molar-refractivity contribution < 1.29 is 9.59 Å². The molecule has 1 aliphatic rings. The lowest BCUT2D eigenvalue weighted by atomic mass is 10.1. The third kappa shape index (κ3) is 6.20. The van der Waals surface area contributed by atoms with Crippen LogP contribution in [0.4, 0.5) is 5.69 Å². The average Bonchev–Trinajstić information content (AvgIpc) is 3.27. The number of hydrogen-bond acceptors (Lipinski definition) is 3. The summed E-state index contributed by atoms with van der Waals surface area (Å²) in [5, 5.41) is 6.04. The fraction of sp³-hybridized carbons (Fsp3) is 0.529. The first-order valence-corrected chi connectivity index (χ1v) is 7.78. The van der Waals surface area contributed by atoms with Gasteiger partial charge in [-0.15, -0.1) is 12.4 Å². The van der Waals surface area contributed by atoms with Crippen molar-refractivity contribution in [2.75, 3.05) is 32.0 Å². The Labute approximate surface area is 144 Å². The van der Waals surface area contributed by atoms with Gasteiger partial charge in [0.25, 0.3) is 0 Å². The monoisotopic (exact) mass is 339 g/mol. The maximum atomic E-state index is 12.1. The Morgan fingerprint density at radius 1 is 1.22 bits per heavy atom. The maximum absolute atomic E-state index is 12.1. The number of carbonyl (C=O) groups is 2. The number of aryl methyl sites for hydroxylation is 2. The van der Waals surface area contributed by atoms with Gasteiger partial charge in [0.1, 0.15) is 0 Å². The zero-order valence-corrected chi connectivity index (χ0v) is 14.8. The van der Waals surface area contributed by atoms with E-state index in [1.165, 1.54) is 17.7 Å². The molecular formula is C17H26ClN3O2. The summed E-state index contributed by atoms with van der Waals surface area (Å²) in [7, 11) is 1.66. The van der Waals surface area contributed by atoms with Crippen molar-refractivity contribution in [3.63, 3.8) is 0 Å². The van der Waals surface area contributed by atoms with E-state index in [0.29, 0.717) is 6.54 Å². The second-order valence-corrected chi connectivity index (χ2v) is 6.14. The fourth-order valence-corrected chi connectivity index (χ4v) is 2.33. The molecule has 23 heavy (non-hydrogen) atoms. The highest BCUT2D eigenvalue weighted by atomic mass is 35.5. The molecular weight excluding hydrogens is 314 g/mol. The van der Waals surface area contributed by atoms with E-state index in [1.807, 2.05) is 32.0 Å². The van der Waals surface area contributed by atoms with Crippen LogP contribution in [-0.2, 0) is 9.59 Å². The SMILES string of the molecule is Cc1cccc(C)c1NC(=O)CN(C)C(=O)CNCC1CC1.Cl. The van der Waals surface area contributed by atoms with Crippen LogP contribution in [0.25, 0.3) is 0 Å². The van der Waals surface area contributed by atoms with Gasteiger partial charge >= 0.3 is 0 Å². The van der Waals surface area contributed by atoms with Crippen LogP contribution < -0.4 is 10.6 Å². The van der Waals surface area contributed by atoms with E-state index in [1.54, 1.807) is 7.05 Å². The first-order valence-electron chi connectivity index (χ1n) is 7.78. The Hall–Kier alpha value is -1.59. The molecule has 0 heterocycles. The van der Waals surface area contributed by atoms with Crippen LogP contribution >= 0.6 is 12.4 Å². The Morgan fingerprint density at radius 3 is 2.39 bits per heavy atom. The van der Waals surface area contributed by atoms with E-state index < -0.39 is 0 Å². The highest BCUT2D eigenvalue weighted by molar-refractivity contribution is 5.95. The molecule has 0 aromatic heterocycles. The maximum Gasteiger partial charge on any atom is 0.243 e. The third-order valence-corrected chi connectivity index (χ3v) is 3.96. The van der Waals surface area contributed by atoms with E-state index in [4.69, 9.17) is 0 Å². The number of nitrogens with one attached hydrogen (secondary N) is 2. The van der Waals surface area contributed by atoms with Crippen molar-refractivity contribution in [3.8, 4) is 0 Å². The first kappa shape index (κ1) is 19.5. The molecule has 1 fully saturated rings. The van der Waals surface area contributed by atoms with Gasteiger partial charge in [0, 0.05) is 12.7 Å². The van der Waals surface area contributed by atoms with E-state index in [2.05, 4.69) is 10.6 Å². The summed E-state index contributed by atoms with van der Waals surface area (Å²) in [6.07, 6.45) is 2.52. The van der Waals surface area contributed by atoms with E-state index in [-0.39, 0.29) is 30.8 Å². The topological polar surface area (TPSA) is 61.4 Å². The molecule has 0 unspecified atom stereocenters. The number of rotatable bonds is 7. The Kier molecular flexibility index (Phi) is 7.52. The number of nitrogens with zero attached hydrogens (tertiary/aromatic N) is 1. The van der Waals surface area contributed by atoms with Gasteiger partial charge in [-0.25, -0.2) is 0 Å². The molecule has 0 spiro atoms. The molecule has 2 N–H and O–H groups in total. The van der Waals surface area contributed by atoms with Gasteiger partial charge in [0.15, 0.2) is 0 Å². The van der Waals surface area contributed by atoms with Crippen LogP contribution in [0.2, 0.25) is 0 Å². The van der Waals surface area contributed by atoms with Crippen LogP contribution in [-0.4, -0.2) is 43.4 Å². The van der Waals surface area contributed by atoms with E-state index >= 15 is 0 Å². The number of carbonyl (C=O) groups excluding carboxylic acids is 2. The van der Waals surface area contributed by atoms with Crippen LogP contribution in [0.15, 0.2) is 18.2 Å².